The van der Waals surface area contributed by atoms with Gasteiger partial charge in [0.1, 0.15) is 13.2 Å². The second-order valence-electron chi connectivity index (χ2n) is 21.0. The molecule has 6 heteroatoms. The summed E-state index contributed by atoms with van der Waals surface area (Å²) in [5.74, 6) is 0.851. The molecule has 0 rings (SSSR count). The Labute approximate surface area is 406 Å². The molecule has 386 valence electrons. The zero-order valence-corrected chi connectivity index (χ0v) is 44.6. The Morgan fingerprint density at radius 2 is 0.585 bits per heavy atom. The second-order valence-corrected chi connectivity index (χ2v) is 21.0. The van der Waals surface area contributed by atoms with Gasteiger partial charge in [0, 0.05) is 19.3 Å². The van der Waals surface area contributed by atoms with Crippen molar-refractivity contribution in [1.29, 1.82) is 0 Å². The first-order valence-corrected chi connectivity index (χ1v) is 29.3. The van der Waals surface area contributed by atoms with Crippen LogP contribution in [0.2, 0.25) is 0 Å². The molecule has 2 atom stereocenters. The Bertz CT molecular complexity index is 995. The smallest absolute Gasteiger partial charge is 0.306 e. The van der Waals surface area contributed by atoms with E-state index >= 15 is 0 Å². The fourth-order valence-corrected chi connectivity index (χ4v) is 9.02. The summed E-state index contributed by atoms with van der Waals surface area (Å²) in [6.07, 6.45) is 55.2. The number of esters is 3. The summed E-state index contributed by atoms with van der Waals surface area (Å²) in [5.41, 5.74) is 0. The molecule has 0 spiro atoms. The van der Waals surface area contributed by atoms with Gasteiger partial charge in [0.05, 0.1) is 0 Å². The van der Waals surface area contributed by atoms with Crippen LogP contribution in [0.15, 0.2) is 0 Å². The first kappa shape index (κ1) is 63.4. The Balaban J connectivity index is 4.26. The first-order chi connectivity index (χ1) is 31.8. The fraction of sp³-hybridized carbons (Fsp3) is 0.949. The predicted molar refractivity (Wildman–Crippen MR) is 280 cm³/mol. The Kier molecular flexibility index (Phi) is 50.5. The average molecular weight is 920 g/mol. The lowest BCUT2D eigenvalue weighted by Gasteiger charge is -2.18. The number of rotatable bonds is 53. The average Bonchev–Trinajstić information content (AvgIpc) is 3.29. The summed E-state index contributed by atoms with van der Waals surface area (Å²) >= 11 is 0. The van der Waals surface area contributed by atoms with Gasteiger partial charge in [-0.3, -0.25) is 14.4 Å². The van der Waals surface area contributed by atoms with Crippen LogP contribution in [-0.2, 0) is 28.6 Å². The van der Waals surface area contributed by atoms with E-state index in [1.54, 1.807) is 0 Å². The van der Waals surface area contributed by atoms with Gasteiger partial charge in [0.2, 0.25) is 0 Å². The van der Waals surface area contributed by atoms with Crippen LogP contribution in [0.4, 0.5) is 0 Å². The molecule has 0 aliphatic heterocycles. The second kappa shape index (κ2) is 51.8. The number of hydrogen-bond donors (Lipinski definition) is 0. The summed E-state index contributed by atoms with van der Waals surface area (Å²) in [5, 5.41) is 0. The van der Waals surface area contributed by atoms with Gasteiger partial charge < -0.3 is 14.2 Å². The van der Waals surface area contributed by atoms with Gasteiger partial charge >= 0.3 is 17.9 Å². The van der Waals surface area contributed by atoms with Crippen molar-refractivity contribution in [3.63, 3.8) is 0 Å². The molecular weight excluding hydrogens is 805 g/mol. The Hall–Kier alpha value is -1.59. The highest BCUT2D eigenvalue weighted by Crippen LogP contribution is 2.19. The van der Waals surface area contributed by atoms with Crippen LogP contribution < -0.4 is 0 Å². The van der Waals surface area contributed by atoms with E-state index in [0.717, 1.165) is 69.6 Å². The molecule has 65 heavy (non-hydrogen) atoms. The topological polar surface area (TPSA) is 78.9 Å². The van der Waals surface area contributed by atoms with Crippen LogP contribution in [-0.4, -0.2) is 37.2 Å². The third kappa shape index (κ3) is 51.6. The van der Waals surface area contributed by atoms with Crippen molar-refractivity contribution >= 4 is 17.9 Å². The van der Waals surface area contributed by atoms with Gasteiger partial charge in [-0.1, -0.05) is 291 Å². The molecule has 0 heterocycles. The summed E-state index contributed by atoms with van der Waals surface area (Å²) < 4.78 is 16.9. The molecule has 0 saturated carbocycles. The lowest BCUT2D eigenvalue weighted by Crippen LogP contribution is -2.30. The minimum Gasteiger partial charge on any atom is -0.462 e. The van der Waals surface area contributed by atoms with Crippen molar-refractivity contribution < 1.29 is 28.6 Å². The maximum Gasteiger partial charge on any atom is 0.306 e. The number of carbonyl (C=O) groups excluding carboxylic acids is 3. The van der Waals surface area contributed by atoms with E-state index in [1.807, 2.05) is 0 Å². The molecule has 0 aromatic rings. The third-order valence-electron chi connectivity index (χ3n) is 13.8. The molecule has 6 nitrogen and oxygen atoms in total. The number of unbranched alkanes of at least 4 members (excludes halogenated alkanes) is 37. The predicted octanol–water partition coefficient (Wildman–Crippen LogP) is 19.3. The van der Waals surface area contributed by atoms with E-state index < -0.39 is 6.10 Å². The van der Waals surface area contributed by atoms with Gasteiger partial charge in [-0.25, -0.2) is 0 Å². The van der Waals surface area contributed by atoms with Gasteiger partial charge in [-0.05, 0) is 31.1 Å². The van der Waals surface area contributed by atoms with Gasteiger partial charge in [0.15, 0.2) is 6.10 Å². The molecule has 0 N–H and O–H groups in total. The standard InChI is InChI=1S/C59H114O6/c1-6-8-9-10-11-12-13-14-15-16-17-18-23-26-29-36-41-46-51-59(62)65-56(53-64-58(61)50-45-40-35-31-30-32-37-42-47-54(3)4)52-63-57(60)49-44-39-34-28-25-22-20-19-21-24-27-33-38-43-48-55(5)7-2/h54-56H,6-53H2,1-5H3/t55?,56-/m1/s1. The quantitative estimate of drug-likeness (QED) is 0.0344. The molecule has 1 unspecified atom stereocenters. The SMILES string of the molecule is CCCCCCCCCCCCCCCCCCCCC(=O)O[C@H](COC(=O)CCCCCCCCCCCCCCCCC(C)CC)COC(=O)CCCCCCCCCCC(C)C. The summed E-state index contributed by atoms with van der Waals surface area (Å²) in [6.45, 7) is 11.4. The molecule has 0 aliphatic carbocycles. The van der Waals surface area contributed by atoms with Crippen LogP contribution in [0.5, 0.6) is 0 Å². The zero-order chi connectivity index (χ0) is 47.5. The highest BCUT2D eigenvalue weighted by atomic mass is 16.6. The van der Waals surface area contributed by atoms with Gasteiger partial charge in [0.25, 0.3) is 0 Å². The minimum absolute atomic E-state index is 0.0631. The monoisotopic (exact) mass is 919 g/mol. The van der Waals surface area contributed by atoms with Gasteiger partial charge in [-0.2, -0.15) is 0 Å². The maximum atomic E-state index is 12.9. The van der Waals surface area contributed by atoms with Crippen molar-refractivity contribution in [3.05, 3.63) is 0 Å². The van der Waals surface area contributed by atoms with Crippen molar-refractivity contribution in [2.45, 2.75) is 336 Å². The summed E-state index contributed by atoms with van der Waals surface area (Å²) in [6, 6.07) is 0. The van der Waals surface area contributed by atoms with Crippen molar-refractivity contribution in [2.75, 3.05) is 13.2 Å². The molecule has 0 radical (unpaired) electrons. The van der Waals surface area contributed by atoms with Crippen molar-refractivity contribution in [3.8, 4) is 0 Å². The zero-order valence-electron chi connectivity index (χ0n) is 44.6. The molecule has 0 bridgehead atoms. The maximum absolute atomic E-state index is 12.9. The molecular formula is C59H114O6. The number of ether oxygens (including phenoxy) is 3. The van der Waals surface area contributed by atoms with Crippen LogP contribution in [0.1, 0.15) is 330 Å². The largest absolute Gasteiger partial charge is 0.462 e. The Morgan fingerprint density at radius 3 is 0.877 bits per heavy atom. The van der Waals surface area contributed by atoms with E-state index in [0.29, 0.717) is 19.3 Å². The molecule has 0 amide bonds. The van der Waals surface area contributed by atoms with Crippen LogP contribution in [0, 0.1) is 11.8 Å². The normalized spacial score (nSPS) is 12.5. The van der Waals surface area contributed by atoms with Gasteiger partial charge in [-0.15, -0.1) is 0 Å². The summed E-state index contributed by atoms with van der Waals surface area (Å²) in [7, 11) is 0. The molecule has 0 saturated heterocycles. The Morgan fingerprint density at radius 1 is 0.323 bits per heavy atom. The highest BCUT2D eigenvalue weighted by molar-refractivity contribution is 5.71. The lowest BCUT2D eigenvalue weighted by molar-refractivity contribution is -0.167. The van der Waals surface area contributed by atoms with E-state index in [2.05, 4.69) is 34.6 Å². The van der Waals surface area contributed by atoms with E-state index in [1.165, 1.54) is 218 Å². The van der Waals surface area contributed by atoms with E-state index in [9.17, 15) is 14.4 Å². The summed E-state index contributed by atoms with van der Waals surface area (Å²) in [4.78, 5) is 38.1. The number of hydrogen-bond acceptors (Lipinski definition) is 6. The van der Waals surface area contributed by atoms with E-state index in [4.69, 9.17) is 14.2 Å². The number of carbonyl (C=O) groups is 3. The van der Waals surface area contributed by atoms with Crippen LogP contribution in [0.3, 0.4) is 0 Å². The molecule has 0 aliphatic rings. The lowest BCUT2D eigenvalue weighted by atomic mass is 9.99. The highest BCUT2D eigenvalue weighted by Gasteiger charge is 2.19. The van der Waals surface area contributed by atoms with Crippen molar-refractivity contribution in [2.24, 2.45) is 11.8 Å². The van der Waals surface area contributed by atoms with Crippen LogP contribution >= 0.6 is 0 Å². The third-order valence-corrected chi connectivity index (χ3v) is 13.8. The molecule has 0 aromatic carbocycles. The molecule has 0 fully saturated rings. The first-order valence-electron chi connectivity index (χ1n) is 29.3. The van der Waals surface area contributed by atoms with Crippen LogP contribution in [0.25, 0.3) is 0 Å². The molecule has 0 aromatic heterocycles. The van der Waals surface area contributed by atoms with Crippen molar-refractivity contribution in [1.82, 2.24) is 0 Å². The fourth-order valence-electron chi connectivity index (χ4n) is 9.02. The minimum atomic E-state index is -0.763. The van der Waals surface area contributed by atoms with E-state index in [-0.39, 0.29) is 31.1 Å².